The molecule has 0 aliphatic rings. The van der Waals surface area contributed by atoms with E-state index in [1.165, 1.54) is 13.2 Å². The smallest absolute Gasteiger partial charge is 0.328 e. The summed E-state index contributed by atoms with van der Waals surface area (Å²) < 4.78 is 35.6. The number of aromatic nitrogens is 2. The van der Waals surface area contributed by atoms with E-state index in [-0.39, 0.29) is 4.90 Å². The zero-order valence-electron chi connectivity index (χ0n) is 16.2. The fourth-order valence-electron chi connectivity index (χ4n) is 3.41. The number of methoxy groups -OCH3 is 1. The number of nitrogens with zero attached hydrogens (tertiary/aromatic N) is 2. The molecule has 154 valence electrons. The van der Waals surface area contributed by atoms with Crippen molar-refractivity contribution in [3.63, 3.8) is 0 Å². The zero-order chi connectivity index (χ0) is 21.5. The highest BCUT2D eigenvalue weighted by Crippen LogP contribution is 2.33. The Labute approximate surface area is 178 Å². The van der Waals surface area contributed by atoms with Gasteiger partial charge in [-0.15, -0.1) is 0 Å². The van der Waals surface area contributed by atoms with E-state index in [2.05, 4.69) is 9.71 Å². The van der Waals surface area contributed by atoms with Gasteiger partial charge in [0.05, 0.1) is 23.8 Å². The van der Waals surface area contributed by atoms with Crippen LogP contribution in [0.1, 0.15) is 13.0 Å². The molecule has 4 aromatic rings. The van der Waals surface area contributed by atoms with Gasteiger partial charge in [-0.25, -0.2) is 13.2 Å². The molecule has 7 nitrogen and oxygen atoms in total. The zero-order valence-corrected chi connectivity index (χ0v) is 17.7. The summed E-state index contributed by atoms with van der Waals surface area (Å²) >= 11 is 6.15. The number of nitrogens with one attached hydrogen (secondary N) is 1. The van der Waals surface area contributed by atoms with E-state index < -0.39 is 22.0 Å². The molecule has 0 saturated heterocycles. The maximum absolute atomic E-state index is 13.2. The average Bonchev–Trinajstić information content (AvgIpc) is 3.08. The molecule has 0 fully saturated rings. The molecule has 1 atom stereocenters. The molecule has 0 aliphatic carbocycles. The highest BCUT2D eigenvalue weighted by Gasteiger charge is 2.24. The first-order valence-electron chi connectivity index (χ1n) is 9.06. The number of esters is 1. The van der Waals surface area contributed by atoms with Gasteiger partial charge >= 0.3 is 5.97 Å². The number of anilines is 1. The number of hydrogen-bond donors (Lipinski definition) is 1. The predicted octanol–water partition coefficient (Wildman–Crippen LogP) is 4.38. The summed E-state index contributed by atoms with van der Waals surface area (Å²) in [6, 6.07) is 12.9. The Balaban J connectivity index is 1.85. The van der Waals surface area contributed by atoms with Crippen LogP contribution in [-0.2, 0) is 19.6 Å². The quantitative estimate of drug-likeness (QED) is 0.462. The Morgan fingerprint density at radius 2 is 1.97 bits per heavy atom. The monoisotopic (exact) mass is 443 g/mol. The van der Waals surface area contributed by atoms with Crippen LogP contribution in [0.4, 0.5) is 5.69 Å². The molecule has 1 unspecified atom stereocenters. The molecule has 2 heterocycles. The molecular formula is C21H18ClN3O4S. The summed E-state index contributed by atoms with van der Waals surface area (Å²) in [5.41, 5.74) is 1.32. The fourth-order valence-corrected chi connectivity index (χ4v) is 4.82. The van der Waals surface area contributed by atoms with Crippen molar-refractivity contribution in [2.75, 3.05) is 11.8 Å². The van der Waals surface area contributed by atoms with Gasteiger partial charge in [0, 0.05) is 28.2 Å². The molecule has 9 heteroatoms. The van der Waals surface area contributed by atoms with Crippen molar-refractivity contribution in [1.82, 2.24) is 9.55 Å². The standard InChI is InChI=1S/C21H18ClN3O4S/c1-13(21(26)29-2)25-12-17(16-11-15(22)8-9-18(16)25)24-30(27,28)19-7-3-5-14-6-4-10-23-20(14)19/h3-13,24H,1-2H3. The maximum Gasteiger partial charge on any atom is 0.328 e. The number of rotatable bonds is 5. The molecule has 2 aromatic heterocycles. The van der Waals surface area contributed by atoms with Crippen LogP contribution in [0.25, 0.3) is 21.8 Å². The van der Waals surface area contributed by atoms with Gasteiger partial charge < -0.3 is 9.30 Å². The van der Waals surface area contributed by atoms with E-state index in [1.807, 2.05) is 0 Å². The molecule has 0 amide bonds. The van der Waals surface area contributed by atoms with Crippen LogP contribution >= 0.6 is 11.6 Å². The van der Waals surface area contributed by atoms with Gasteiger partial charge in [0.1, 0.15) is 10.9 Å². The molecule has 0 aliphatic heterocycles. The molecule has 1 N–H and O–H groups in total. The number of para-hydroxylation sites is 1. The molecule has 2 aromatic carbocycles. The lowest BCUT2D eigenvalue weighted by atomic mass is 10.2. The van der Waals surface area contributed by atoms with Crippen LogP contribution in [0.3, 0.4) is 0 Å². The topological polar surface area (TPSA) is 90.3 Å². The summed E-state index contributed by atoms with van der Waals surface area (Å²) in [5.74, 6) is -0.450. The number of sulfonamides is 1. The van der Waals surface area contributed by atoms with E-state index in [4.69, 9.17) is 16.3 Å². The van der Waals surface area contributed by atoms with Gasteiger partial charge in [0.15, 0.2) is 0 Å². The van der Waals surface area contributed by atoms with Crippen molar-refractivity contribution in [2.24, 2.45) is 0 Å². The minimum atomic E-state index is -3.97. The average molecular weight is 444 g/mol. The van der Waals surface area contributed by atoms with Crippen molar-refractivity contribution < 1.29 is 17.9 Å². The van der Waals surface area contributed by atoms with E-state index in [1.54, 1.807) is 66.3 Å². The predicted molar refractivity (Wildman–Crippen MR) is 116 cm³/mol. The van der Waals surface area contributed by atoms with Crippen LogP contribution < -0.4 is 4.72 Å². The summed E-state index contributed by atoms with van der Waals surface area (Å²) in [6.07, 6.45) is 3.11. The number of halogens is 1. The highest BCUT2D eigenvalue weighted by molar-refractivity contribution is 7.93. The number of hydrogen-bond acceptors (Lipinski definition) is 5. The summed E-state index contributed by atoms with van der Waals surface area (Å²) in [6.45, 7) is 1.67. The molecule has 4 rings (SSSR count). The fraction of sp³-hybridized carbons (Fsp3) is 0.143. The molecule has 30 heavy (non-hydrogen) atoms. The largest absolute Gasteiger partial charge is 0.467 e. The van der Waals surface area contributed by atoms with Gasteiger partial charge in [-0.2, -0.15) is 0 Å². The Morgan fingerprint density at radius 3 is 2.73 bits per heavy atom. The summed E-state index contributed by atoms with van der Waals surface area (Å²) in [5, 5.41) is 1.72. The number of fused-ring (bicyclic) bond motifs is 2. The lowest BCUT2D eigenvalue weighted by Gasteiger charge is -2.12. The van der Waals surface area contributed by atoms with Crippen LogP contribution in [-0.4, -0.2) is 31.0 Å². The van der Waals surface area contributed by atoms with E-state index in [9.17, 15) is 13.2 Å². The minimum absolute atomic E-state index is 0.0598. The van der Waals surface area contributed by atoms with Gasteiger partial charge in [0.2, 0.25) is 0 Å². The van der Waals surface area contributed by atoms with Crippen molar-refractivity contribution in [1.29, 1.82) is 0 Å². The summed E-state index contributed by atoms with van der Waals surface area (Å²) in [7, 11) is -2.66. The van der Waals surface area contributed by atoms with Crippen molar-refractivity contribution in [3.8, 4) is 0 Å². The Kier molecular flexibility index (Phi) is 5.13. The lowest BCUT2D eigenvalue weighted by Crippen LogP contribution is -2.17. The van der Waals surface area contributed by atoms with Crippen molar-refractivity contribution >= 4 is 55.1 Å². The molecular weight excluding hydrogens is 426 g/mol. The number of carbonyl (C=O) groups is 1. The Morgan fingerprint density at radius 1 is 1.20 bits per heavy atom. The molecule has 0 saturated carbocycles. The molecule has 0 bridgehead atoms. The first-order chi connectivity index (χ1) is 14.3. The minimum Gasteiger partial charge on any atom is -0.467 e. The molecule has 0 radical (unpaired) electrons. The second-order valence-corrected chi connectivity index (χ2v) is 8.83. The first-order valence-corrected chi connectivity index (χ1v) is 10.9. The van der Waals surface area contributed by atoms with Gasteiger partial charge in [-0.1, -0.05) is 29.8 Å². The number of ether oxygens (including phenoxy) is 1. The third kappa shape index (κ3) is 3.48. The normalized spacial score (nSPS) is 12.8. The van der Waals surface area contributed by atoms with Gasteiger partial charge in [-0.05, 0) is 37.3 Å². The third-order valence-corrected chi connectivity index (χ3v) is 6.52. The Bertz CT molecular complexity index is 1380. The van der Waals surface area contributed by atoms with E-state index in [0.717, 1.165) is 0 Å². The third-order valence-electron chi connectivity index (χ3n) is 4.88. The van der Waals surface area contributed by atoms with Gasteiger partial charge in [0.25, 0.3) is 10.0 Å². The van der Waals surface area contributed by atoms with Crippen LogP contribution in [0.15, 0.2) is 65.8 Å². The van der Waals surface area contributed by atoms with Crippen molar-refractivity contribution in [3.05, 3.63) is 65.9 Å². The van der Waals surface area contributed by atoms with E-state index in [0.29, 0.717) is 32.5 Å². The second kappa shape index (κ2) is 7.62. The molecule has 0 spiro atoms. The number of carbonyl (C=O) groups excluding carboxylic acids is 1. The number of benzene rings is 2. The highest BCUT2D eigenvalue weighted by atomic mass is 35.5. The maximum atomic E-state index is 13.2. The van der Waals surface area contributed by atoms with E-state index >= 15 is 0 Å². The number of pyridine rings is 1. The SMILES string of the molecule is COC(=O)C(C)n1cc(NS(=O)(=O)c2cccc3cccnc23)c2cc(Cl)ccc21. The van der Waals surface area contributed by atoms with Gasteiger partial charge in [-0.3, -0.25) is 9.71 Å². The van der Waals surface area contributed by atoms with Crippen LogP contribution in [0.5, 0.6) is 0 Å². The first kappa shape index (κ1) is 20.2. The summed E-state index contributed by atoms with van der Waals surface area (Å²) in [4.78, 5) is 16.4. The second-order valence-electron chi connectivity index (χ2n) is 6.75. The van der Waals surface area contributed by atoms with Crippen LogP contribution in [0.2, 0.25) is 5.02 Å². The lowest BCUT2D eigenvalue weighted by molar-refractivity contribution is -0.143. The van der Waals surface area contributed by atoms with Crippen molar-refractivity contribution in [2.45, 2.75) is 17.9 Å². The Hall–Kier alpha value is -3.10. The van der Waals surface area contributed by atoms with Crippen LogP contribution in [0, 0.1) is 0 Å².